The number of guanidine groups is 1. The molecule has 1 saturated carbocycles. The van der Waals surface area contributed by atoms with Crippen LogP contribution in [-0.4, -0.2) is 48.5 Å². The molecule has 182 valence electrons. The number of carbonyl (C=O) groups is 1. The highest BCUT2D eigenvalue weighted by Crippen LogP contribution is 2.30. The Morgan fingerprint density at radius 1 is 1.12 bits per heavy atom. The van der Waals surface area contributed by atoms with Crippen LogP contribution in [0.15, 0.2) is 53.5 Å². The summed E-state index contributed by atoms with van der Waals surface area (Å²) in [7, 11) is 0. The molecule has 2 fully saturated rings. The third kappa shape index (κ3) is 6.73. The fourth-order valence-electron chi connectivity index (χ4n) is 4.95. The number of hydrogen-bond donors (Lipinski definition) is 3. The Bertz CT molecular complexity index is 970. The lowest BCUT2D eigenvalue weighted by atomic mass is 9.88. The Morgan fingerprint density at radius 3 is 2.38 bits per heavy atom. The molecule has 2 aliphatic rings. The third-order valence-corrected chi connectivity index (χ3v) is 7.05. The van der Waals surface area contributed by atoms with Crippen molar-refractivity contribution in [1.82, 2.24) is 10.2 Å². The first kappa shape index (κ1) is 24.6. The summed E-state index contributed by atoms with van der Waals surface area (Å²) in [5.74, 6) is 0.546. The fraction of sp³-hybridized carbons (Fsp3) is 0.481. The van der Waals surface area contributed by atoms with E-state index in [1.807, 2.05) is 24.3 Å². The molecule has 4 N–H and O–H groups in total. The van der Waals surface area contributed by atoms with Gasteiger partial charge in [-0.3, -0.25) is 4.79 Å². The zero-order valence-corrected chi connectivity index (χ0v) is 20.7. The lowest BCUT2D eigenvalue weighted by Crippen LogP contribution is -2.53. The van der Waals surface area contributed by atoms with Crippen molar-refractivity contribution in [2.75, 3.05) is 25.0 Å². The molecule has 4 rings (SSSR count). The van der Waals surface area contributed by atoms with Gasteiger partial charge in [-0.1, -0.05) is 55.1 Å². The summed E-state index contributed by atoms with van der Waals surface area (Å²) in [6.07, 6.45) is 6.44. The fourth-order valence-corrected chi connectivity index (χ4v) is 5.08. The highest BCUT2D eigenvalue weighted by atomic mass is 35.5. The van der Waals surface area contributed by atoms with Crippen LogP contribution in [0.25, 0.3) is 0 Å². The Kier molecular flexibility index (Phi) is 8.46. The Balaban J connectivity index is 1.54. The maximum absolute atomic E-state index is 11.8. The number of benzene rings is 2. The second-order valence-corrected chi connectivity index (χ2v) is 10.0. The summed E-state index contributed by atoms with van der Waals surface area (Å²) in [5.41, 5.74) is 8.65. The van der Waals surface area contributed by atoms with Gasteiger partial charge in [-0.2, -0.15) is 0 Å². The van der Waals surface area contributed by atoms with Gasteiger partial charge in [-0.05, 0) is 55.2 Å². The van der Waals surface area contributed by atoms with Crippen molar-refractivity contribution in [2.24, 2.45) is 10.7 Å². The van der Waals surface area contributed by atoms with E-state index in [1.165, 1.54) is 32.1 Å². The number of hydrogen-bond acceptors (Lipinski definition) is 3. The molecule has 0 spiro atoms. The molecule has 0 bridgehead atoms. The monoisotopic (exact) mass is 481 g/mol. The summed E-state index contributed by atoms with van der Waals surface area (Å²) in [5, 5.41) is 7.80. The van der Waals surface area contributed by atoms with Crippen molar-refractivity contribution < 1.29 is 4.79 Å². The Morgan fingerprint density at radius 2 is 1.76 bits per heavy atom. The van der Waals surface area contributed by atoms with Gasteiger partial charge in [-0.25, -0.2) is 4.99 Å². The van der Waals surface area contributed by atoms with Gasteiger partial charge < -0.3 is 21.3 Å². The van der Waals surface area contributed by atoms with Crippen molar-refractivity contribution in [2.45, 2.75) is 63.5 Å². The van der Waals surface area contributed by atoms with Gasteiger partial charge in [0.15, 0.2) is 5.96 Å². The molecule has 2 aromatic carbocycles. The van der Waals surface area contributed by atoms with Crippen LogP contribution in [0.5, 0.6) is 0 Å². The van der Waals surface area contributed by atoms with Crippen molar-refractivity contribution in [1.29, 1.82) is 0 Å². The molecule has 1 heterocycles. The number of rotatable bonds is 6. The number of nitrogens with two attached hydrogens (primary N) is 1. The predicted octanol–water partition coefficient (Wildman–Crippen LogP) is 4.74. The number of piperazine rings is 1. The molecule has 1 aliphatic carbocycles. The average molecular weight is 482 g/mol. The smallest absolute Gasteiger partial charge is 0.218 e. The lowest BCUT2D eigenvalue weighted by Gasteiger charge is -2.35. The summed E-state index contributed by atoms with van der Waals surface area (Å²) >= 11 is 6.06. The minimum Gasteiger partial charge on any atom is -0.370 e. The van der Waals surface area contributed by atoms with Crippen LogP contribution in [0.2, 0.25) is 5.02 Å². The van der Waals surface area contributed by atoms with Crippen molar-refractivity contribution in [3.63, 3.8) is 0 Å². The number of nitrogens with one attached hydrogen (secondary N) is 2. The summed E-state index contributed by atoms with van der Waals surface area (Å²) in [6, 6.07) is 16.7. The molecule has 2 atom stereocenters. The van der Waals surface area contributed by atoms with Crippen LogP contribution in [-0.2, 0) is 4.79 Å². The first-order valence-electron chi connectivity index (χ1n) is 12.4. The minimum atomic E-state index is -0.322. The van der Waals surface area contributed by atoms with E-state index in [2.05, 4.69) is 46.7 Å². The largest absolute Gasteiger partial charge is 0.370 e. The molecule has 0 radical (unpaired) electrons. The minimum absolute atomic E-state index is 0.104. The number of nitrogens with zero attached hydrogens (tertiary/aromatic N) is 2. The molecule has 1 saturated heterocycles. The highest BCUT2D eigenvalue weighted by Gasteiger charge is 2.22. The van der Waals surface area contributed by atoms with Gasteiger partial charge in [0, 0.05) is 48.7 Å². The number of primary amides is 1. The normalized spacial score (nSPS) is 20.7. The van der Waals surface area contributed by atoms with E-state index in [0.29, 0.717) is 17.1 Å². The quantitative estimate of drug-likeness (QED) is 0.411. The van der Waals surface area contributed by atoms with Gasteiger partial charge in [0.05, 0.1) is 6.04 Å². The lowest BCUT2D eigenvalue weighted by molar-refractivity contribution is -0.118. The maximum Gasteiger partial charge on any atom is 0.218 e. The van der Waals surface area contributed by atoms with Gasteiger partial charge in [0.25, 0.3) is 0 Å². The van der Waals surface area contributed by atoms with Gasteiger partial charge in [0.1, 0.15) is 0 Å². The Hall–Kier alpha value is -2.57. The molecule has 6 nitrogen and oxygen atoms in total. The van der Waals surface area contributed by atoms with Crippen molar-refractivity contribution in [3.8, 4) is 0 Å². The average Bonchev–Trinajstić information content (AvgIpc) is 2.84. The molecule has 0 aromatic heterocycles. The number of halogens is 1. The molecule has 1 amide bonds. The standard InChI is InChI=1S/C27H36ClN5O/c1-19-18-33(16-15-30-19)27(31-23-5-3-2-4-6-23)32-24-13-9-21(10-14-24)25(17-26(29)34)20-7-11-22(28)12-8-20/h7-14,19,23,25,30H,2-6,15-18H2,1H3,(H2,29,34)(H,31,32)/t19-,25?/m0/s1. The zero-order chi connectivity index (χ0) is 23.9. The SMILES string of the molecule is C[C@H]1CN(C(=NC2CCCCC2)Nc2ccc(C(CC(N)=O)c3ccc(Cl)cc3)cc2)CCN1. The second-order valence-electron chi connectivity index (χ2n) is 9.57. The van der Waals surface area contributed by atoms with E-state index < -0.39 is 0 Å². The topological polar surface area (TPSA) is 82.8 Å². The van der Waals surface area contributed by atoms with Crippen LogP contribution in [0.1, 0.15) is 62.5 Å². The first-order chi connectivity index (χ1) is 16.5. The molecular formula is C27H36ClN5O. The van der Waals surface area contributed by atoms with E-state index in [1.54, 1.807) is 0 Å². The van der Waals surface area contributed by atoms with E-state index in [4.69, 9.17) is 22.3 Å². The van der Waals surface area contributed by atoms with Gasteiger partial charge >= 0.3 is 0 Å². The van der Waals surface area contributed by atoms with E-state index in [-0.39, 0.29) is 18.2 Å². The van der Waals surface area contributed by atoms with Crippen molar-refractivity contribution >= 4 is 29.2 Å². The summed E-state index contributed by atoms with van der Waals surface area (Å²) < 4.78 is 0. The maximum atomic E-state index is 11.8. The number of aliphatic imine (C=N–C) groups is 1. The van der Waals surface area contributed by atoms with Crippen LogP contribution in [0, 0.1) is 0 Å². The number of anilines is 1. The highest BCUT2D eigenvalue weighted by molar-refractivity contribution is 6.30. The van der Waals surface area contributed by atoms with Crippen molar-refractivity contribution in [3.05, 3.63) is 64.7 Å². The van der Waals surface area contributed by atoms with Crippen LogP contribution in [0.3, 0.4) is 0 Å². The number of amides is 1. The zero-order valence-electron chi connectivity index (χ0n) is 20.0. The molecule has 34 heavy (non-hydrogen) atoms. The van der Waals surface area contributed by atoms with Crippen LogP contribution >= 0.6 is 11.6 Å². The second kappa shape index (κ2) is 11.7. The first-order valence-corrected chi connectivity index (χ1v) is 12.8. The Labute approximate surface area is 208 Å². The molecular weight excluding hydrogens is 446 g/mol. The summed E-state index contributed by atoms with van der Waals surface area (Å²) in [4.78, 5) is 19.3. The molecule has 1 unspecified atom stereocenters. The predicted molar refractivity (Wildman–Crippen MR) is 141 cm³/mol. The van der Waals surface area contributed by atoms with E-state index in [9.17, 15) is 4.79 Å². The van der Waals surface area contributed by atoms with Crippen LogP contribution in [0.4, 0.5) is 5.69 Å². The third-order valence-electron chi connectivity index (χ3n) is 6.79. The molecule has 1 aliphatic heterocycles. The van der Waals surface area contributed by atoms with Crippen LogP contribution < -0.4 is 16.4 Å². The van der Waals surface area contributed by atoms with E-state index in [0.717, 1.165) is 42.4 Å². The van der Waals surface area contributed by atoms with Gasteiger partial charge in [-0.15, -0.1) is 0 Å². The number of carbonyl (C=O) groups excluding carboxylic acids is 1. The molecule has 7 heteroatoms. The summed E-state index contributed by atoms with van der Waals surface area (Å²) in [6.45, 7) is 5.06. The van der Waals surface area contributed by atoms with Gasteiger partial charge in [0.2, 0.25) is 5.91 Å². The van der Waals surface area contributed by atoms with E-state index >= 15 is 0 Å². The molecule has 2 aromatic rings.